The van der Waals surface area contributed by atoms with Gasteiger partial charge < -0.3 is 38.5 Å². The Labute approximate surface area is 385 Å². The fraction of sp³-hybridized carbons (Fsp3) is 0.680. The smallest absolute Gasteiger partial charge is 0.270 e. The Morgan fingerprint density at radius 2 is 1.08 bits per heavy atom. The average molecular weight is 940 g/mol. The Kier molecular flexibility index (Phi) is 17.6. The van der Waals surface area contributed by atoms with E-state index >= 15 is 0 Å². The standard InChI is InChI=1S/C26H40N2O4.C24H35BrN2O4/c1-7-19-16-23-22(27(14-11-15-31-6)25(30)26(4,5)32-23)17-21(19)24(29)28(18(2)3)20-12-9-8-10-13-20;1-16(2)27(17-10-7-6-8-11-17)22(28)18-14-20-21(15-19(18)25)31-24(3,4)23(29)26(20)12-9-13-30-5/h16-18,20H,7-15H2,1-6H3;14-17H,6-13H2,1-5H3. The van der Waals surface area contributed by atoms with Gasteiger partial charge in [0.05, 0.1) is 16.9 Å². The molecule has 2 saturated carbocycles. The van der Waals surface area contributed by atoms with E-state index < -0.39 is 11.2 Å². The predicted octanol–water partition coefficient (Wildman–Crippen LogP) is 10.1. The molecule has 2 aromatic carbocycles. The van der Waals surface area contributed by atoms with Crippen molar-refractivity contribution < 1.29 is 38.1 Å². The monoisotopic (exact) mass is 938 g/mol. The van der Waals surface area contributed by atoms with Crippen LogP contribution in [0.1, 0.15) is 166 Å². The van der Waals surface area contributed by atoms with E-state index in [1.807, 2.05) is 29.2 Å². The zero-order valence-electron chi connectivity index (χ0n) is 40.1. The highest BCUT2D eigenvalue weighted by atomic mass is 79.9. The van der Waals surface area contributed by atoms with Crippen LogP contribution in [0.5, 0.6) is 11.5 Å². The fourth-order valence-corrected chi connectivity index (χ4v) is 10.2. The molecule has 0 spiro atoms. The van der Waals surface area contributed by atoms with Crippen LogP contribution in [0.2, 0.25) is 0 Å². The van der Waals surface area contributed by atoms with Gasteiger partial charge >= 0.3 is 0 Å². The number of amides is 4. The third-order valence-electron chi connectivity index (χ3n) is 12.9. The van der Waals surface area contributed by atoms with E-state index in [0.717, 1.165) is 56.9 Å². The largest absolute Gasteiger partial charge is 0.476 e. The lowest BCUT2D eigenvalue weighted by Gasteiger charge is -2.40. The maximum absolute atomic E-state index is 13.9. The quantitative estimate of drug-likeness (QED) is 0.162. The highest BCUT2D eigenvalue weighted by Crippen LogP contribution is 2.43. The molecule has 63 heavy (non-hydrogen) atoms. The maximum atomic E-state index is 13.9. The van der Waals surface area contributed by atoms with Crippen molar-refractivity contribution in [1.29, 1.82) is 0 Å². The van der Waals surface area contributed by atoms with Gasteiger partial charge in [0, 0.05) is 74.7 Å². The summed E-state index contributed by atoms with van der Waals surface area (Å²) in [5.74, 6) is 1.17. The Hall–Kier alpha value is -3.68. The van der Waals surface area contributed by atoms with Crippen molar-refractivity contribution in [2.45, 2.75) is 181 Å². The molecule has 0 bridgehead atoms. The summed E-state index contributed by atoms with van der Waals surface area (Å²) in [5, 5.41) is 0. The van der Waals surface area contributed by atoms with Crippen LogP contribution in [0.15, 0.2) is 28.7 Å². The van der Waals surface area contributed by atoms with E-state index in [4.69, 9.17) is 18.9 Å². The molecule has 0 radical (unpaired) electrons. The average Bonchev–Trinajstić information content (AvgIpc) is 3.23. The maximum Gasteiger partial charge on any atom is 0.270 e. The SMILES string of the molecule is CCc1cc2c(cc1C(=O)N(C(C)C)C1CCCCC1)N(CCCOC)C(=O)C(C)(C)O2.COCCCN1C(=O)C(C)(C)Oc2cc(Br)c(C(=O)N(C(C)C)C3CCCCC3)cc21. The van der Waals surface area contributed by atoms with Crippen molar-refractivity contribution in [3.8, 4) is 11.5 Å². The number of carbonyl (C=O) groups is 4. The highest BCUT2D eigenvalue weighted by Gasteiger charge is 2.43. The number of halogens is 1. The summed E-state index contributed by atoms with van der Waals surface area (Å²) in [7, 11) is 3.31. The minimum absolute atomic E-state index is 0.00528. The number of methoxy groups -OCH3 is 2. The van der Waals surface area contributed by atoms with E-state index in [-0.39, 0.29) is 47.8 Å². The zero-order chi connectivity index (χ0) is 46.2. The number of aryl methyl sites for hydroxylation is 1. The summed E-state index contributed by atoms with van der Waals surface area (Å²) in [6.07, 6.45) is 13.6. The molecule has 0 aromatic heterocycles. The Balaban J connectivity index is 0.000000238. The molecule has 6 rings (SSSR count). The molecule has 4 amide bonds. The van der Waals surface area contributed by atoms with Crippen molar-refractivity contribution >= 4 is 50.9 Å². The van der Waals surface area contributed by atoms with Gasteiger partial charge in [0.1, 0.15) is 11.5 Å². The predicted molar refractivity (Wildman–Crippen MR) is 253 cm³/mol. The lowest BCUT2D eigenvalue weighted by Crippen LogP contribution is -2.53. The minimum Gasteiger partial charge on any atom is -0.476 e. The third kappa shape index (κ3) is 11.6. The Morgan fingerprint density at radius 1 is 0.683 bits per heavy atom. The molecule has 0 atom stereocenters. The summed E-state index contributed by atoms with van der Waals surface area (Å²) in [4.78, 5) is 61.5. The Bertz CT molecular complexity index is 1920. The molecule has 2 heterocycles. The molecular weight excluding hydrogens is 864 g/mol. The van der Waals surface area contributed by atoms with Crippen molar-refractivity contribution in [3.63, 3.8) is 0 Å². The van der Waals surface area contributed by atoms with Gasteiger partial charge in [-0.3, -0.25) is 19.2 Å². The van der Waals surface area contributed by atoms with Gasteiger partial charge in [0.2, 0.25) is 0 Å². The van der Waals surface area contributed by atoms with Crippen molar-refractivity contribution in [1.82, 2.24) is 9.80 Å². The summed E-state index contributed by atoms with van der Waals surface area (Å²) in [6, 6.07) is 8.30. The first kappa shape index (κ1) is 50.3. The van der Waals surface area contributed by atoms with Crippen LogP contribution in [-0.4, -0.2) is 109 Å². The molecular formula is C50H75BrN4O8. The molecule has 13 heteroatoms. The van der Waals surface area contributed by atoms with E-state index in [1.54, 1.807) is 51.7 Å². The van der Waals surface area contributed by atoms with Crippen LogP contribution in [-0.2, 0) is 25.5 Å². The van der Waals surface area contributed by atoms with Gasteiger partial charge in [-0.05, 0) is 146 Å². The number of nitrogens with zero attached hydrogens (tertiary/aromatic N) is 4. The second kappa shape index (κ2) is 22.0. The van der Waals surface area contributed by atoms with Crippen molar-refractivity contribution in [3.05, 3.63) is 45.4 Å². The first-order chi connectivity index (χ1) is 29.9. The zero-order valence-corrected chi connectivity index (χ0v) is 41.7. The van der Waals surface area contributed by atoms with Crippen LogP contribution in [0, 0.1) is 0 Å². The first-order valence-corrected chi connectivity index (χ1v) is 24.3. The summed E-state index contributed by atoms with van der Waals surface area (Å²) in [6.45, 7) is 19.7. The second-order valence-corrected chi connectivity index (χ2v) is 20.0. The van der Waals surface area contributed by atoms with Crippen LogP contribution in [0.25, 0.3) is 0 Å². The number of hydrogen-bond acceptors (Lipinski definition) is 8. The fourth-order valence-electron chi connectivity index (χ4n) is 9.72. The molecule has 4 aliphatic rings. The number of fused-ring (bicyclic) bond motifs is 2. The molecule has 2 aliphatic carbocycles. The number of carbonyl (C=O) groups excluding carboxylic acids is 4. The van der Waals surface area contributed by atoms with Gasteiger partial charge in [-0.15, -0.1) is 0 Å². The number of hydrogen-bond donors (Lipinski definition) is 0. The van der Waals surface area contributed by atoms with Gasteiger partial charge in [-0.1, -0.05) is 45.4 Å². The number of benzene rings is 2. The van der Waals surface area contributed by atoms with Crippen LogP contribution in [0.3, 0.4) is 0 Å². The molecule has 350 valence electrons. The first-order valence-electron chi connectivity index (χ1n) is 23.5. The van der Waals surface area contributed by atoms with E-state index in [0.29, 0.717) is 71.2 Å². The van der Waals surface area contributed by atoms with Crippen molar-refractivity contribution in [2.75, 3.05) is 50.3 Å². The number of ether oxygens (including phenoxy) is 4. The topological polar surface area (TPSA) is 118 Å². The van der Waals surface area contributed by atoms with Gasteiger partial charge in [-0.2, -0.15) is 0 Å². The van der Waals surface area contributed by atoms with Gasteiger partial charge in [0.25, 0.3) is 23.6 Å². The molecule has 12 nitrogen and oxygen atoms in total. The second-order valence-electron chi connectivity index (χ2n) is 19.2. The summed E-state index contributed by atoms with van der Waals surface area (Å²) >= 11 is 3.60. The van der Waals surface area contributed by atoms with E-state index in [1.165, 1.54) is 25.7 Å². The lowest BCUT2D eigenvalue weighted by atomic mass is 9.91. The summed E-state index contributed by atoms with van der Waals surface area (Å²) in [5.41, 5.74) is 1.68. The van der Waals surface area contributed by atoms with Gasteiger partial charge in [0.15, 0.2) is 11.2 Å². The Morgan fingerprint density at radius 3 is 1.48 bits per heavy atom. The normalized spacial score (nSPS) is 18.6. The summed E-state index contributed by atoms with van der Waals surface area (Å²) < 4.78 is 23.2. The van der Waals surface area contributed by atoms with Crippen LogP contribution < -0.4 is 19.3 Å². The molecule has 2 aromatic rings. The molecule has 0 N–H and O–H groups in total. The van der Waals surface area contributed by atoms with Crippen molar-refractivity contribution in [2.24, 2.45) is 0 Å². The van der Waals surface area contributed by atoms with Gasteiger partial charge in [-0.25, -0.2) is 0 Å². The van der Waals surface area contributed by atoms with E-state index in [9.17, 15) is 19.2 Å². The molecule has 2 fully saturated rings. The molecule has 2 aliphatic heterocycles. The lowest BCUT2D eigenvalue weighted by molar-refractivity contribution is -0.133. The molecule has 0 saturated heterocycles. The molecule has 0 unspecified atom stereocenters. The third-order valence-corrected chi connectivity index (χ3v) is 13.5. The van der Waals surface area contributed by atoms with E-state index in [2.05, 4.69) is 55.4 Å². The van der Waals surface area contributed by atoms with Crippen LogP contribution >= 0.6 is 15.9 Å². The number of rotatable bonds is 15. The highest BCUT2D eigenvalue weighted by molar-refractivity contribution is 9.10. The minimum atomic E-state index is -0.961. The van der Waals surface area contributed by atoms with Crippen LogP contribution in [0.4, 0.5) is 11.4 Å². The number of anilines is 2.